The number of rotatable bonds is 4. The Balaban J connectivity index is 1.67. The van der Waals surface area contributed by atoms with Crippen molar-refractivity contribution in [3.05, 3.63) is 48.4 Å². The Bertz CT molecular complexity index is 648. The van der Waals surface area contributed by atoms with Gasteiger partial charge in [-0.2, -0.15) is 0 Å². The third-order valence-electron chi connectivity index (χ3n) is 3.79. The Morgan fingerprint density at radius 1 is 1.27 bits per heavy atom. The van der Waals surface area contributed by atoms with E-state index in [2.05, 4.69) is 20.2 Å². The van der Waals surface area contributed by atoms with Gasteiger partial charge < -0.3 is 10.4 Å². The number of carbonyl (C=O) groups is 1. The molecule has 2 aromatic heterocycles. The van der Waals surface area contributed by atoms with Crippen LogP contribution in [0.2, 0.25) is 0 Å². The maximum atomic E-state index is 12.4. The fourth-order valence-corrected chi connectivity index (χ4v) is 2.71. The number of aromatic hydroxyl groups is 1. The molecular formula is C16H18N4O2. The van der Waals surface area contributed by atoms with Gasteiger partial charge in [-0.1, -0.05) is 6.07 Å². The van der Waals surface area contributed by atoms with Gasteiger partial charge in [0.05, 0.1) is 11.7 Å². The molecule has 1 aliphatic heterocycles. The molecule has 0 radical (unpaired) electrons. The molecule has 2 aromatic rings. The average Bonchev–Trinajstić information content (AvgIpc) is 2.99. The van der Waals surface area contributed by atoms with Crippen molar-refractivity contribution in [3.8, 4) is 5.75 Å². The number of hydrogen-bond acceptors (Lipinski definition) is 5. The summed E-state index contributed by atoms with van der Waals surface area (Å²) < 4.78 is 0. The summed E-state index contributed by atoms with van der Waals surface area (Å²) in [6.45, 7) is 1.51. The van der Waals surface area contributed by atoms with Gasteiger partial charge in [-0.25, -0.2) is 4.98 Å². The largest absolute Gasteiger partial charge is 0.504 e. The summed E-state index contributed by atoms with van der Waals surface area (Å²) in [4.78, 5) is 22.8. The van der Waals surface area contributed by atoms with Crippen LogP contribution in [0.15, 0.2) is 42.7 Å². The van der Waals surface area contributed by atoms with Gasteiger partial charge in [0.1, 0.15) is 0 Å². The standard InChI is InChI=1S/C16H18N4O2/c21-14-7-3-9-18-15(14)19-16(22)13-6-4-10-20(13)11-12-5-1-2-8-17-12/h1-3,5,7-9,13,21H,4,6,10-11H2,(H,18,19,22)/t13-/m1/s1. The molecule has 0 aliphatic carbocycles. The first-order chi connectivity index (χ1) is 10.7. The summed E-state index contributed by atoms with van der Waals surface area (Å²) in [5, 5.41) is 12.4. The predicted molar refractivity (Wildman–Crippen MR) is 82.2 cm³/mol. The summed E-state index contributed by atoms with van der Waals surface area (Å²) in [7, 11) is 0. The quantitative estimate of drug-likeness (QED) is 0.899. The fourth-order valence-electron chi connectivity index (χ4n) is 2.71. The summed E-state index contributed by atoms with van der Waals surface area (Å²) in [5.74, 6) is 0.0461. The van der Waals surface area contributed by atoms with Crippen LogP contribution in [0.1, 0.15) is 18.5 Å². The lowest BCUT2D eigenvalue weighted by atomic mass is 10.2. The van der Waals surface area contributed by atoms with E-state index in [1.54, 1.807) is 12.3 Å². The number of anilines is 1. The first-order valence-electron chi connectivity index (χ1n) is 7.33. The normalized spacial score (nSPS) is 18.3. The molecule has 0 saturated carbocycles. The Kier molecular flexibility index (Phi) is 4.29. The van der Waals surface area contributed by atoms with E-state index in [9.17, 15) is 9.90 Å². The molecular weight excluding hydrogens is 280 g/mol. The van der Waals surface area contributed by atoms with Gasteiger partial charge in [0, 0.05) is 18.9 Å². The van der Waals surface area contributed by atoms with Crippen LogP contribution in [0.25, 0.3) is 0 Å². The third kappa shape index (κ3) is 3.23. The summed E-state index contributed by atoms with van der Waals surface area (Å²) >= 11 is 0. The number of nitrogens with zero attached hydrogens (tertiary/aromatic N) is 3. The molecule has 6 nitrogen and oxygen atoms in total. The van der Waals surface area contributed by atoms with Crippen LogP contribution in [0.4, 0.5) is 5.82 Å². The molecule has 6 heteroatoms. The topological polar surface area (TPSA) is 78.3 Å². The SMILES string of the molecule is O=C(Nc1ncccc1O)[C@H]1CCCN1Cc1ccccn1. The molecule has 114 valence electrons. The smallest absolute Gasteiger partial charge is 0.242 e. The molecule has 1 saturated heterocycles. The van der Waals surface area contributed by atoms with Crippen LogP contribution in [0, 0.1) is 0 Å². The van der Waals surface area contributed by atoms with Gasteiger partial charge in [-0.15, -0.1) is 0 Å². The molecule has 1 atom stereocenters. The van der Waals surface area contributed by atoms with E-state index in [-0.39, 0.29) is 23.5 Å². The van der Waals surface area contributed by atoms with Crippen molar-refractivity contribution in [1.82, 2.24) is 14.9 Å². The van der Waals surface area contributed by atoms with Crippen molar-refractivity contribution in [2.75, 3.05) is 11.9 Å². The van der Waals surface area contributed by atoms with Crippen LogP contribution in [0.3, 0.4) is 0 Å². The second kappa shape index (κ2) is 6.53. The number of likely N-dealkylation sites (tertiary alicyclic amines) is 1. The molecule has 0 bridgehead atoms. The zero-order chi connectivity index (χ0) is 15.4. The average molecular weight is 298 g/mol. The Labute approximate surface area is 128 Å². The highest BCUT2D eigenvalue weighted by Crippen LogP contribution is 2.23. The van der Waals surface area contributed by atoms with E-state index in [1.165, 1.54) is 12.3 Å². The highest BCUT2D eigenvalue weighted by Gasteiger charge is 2.31. The molecule has 3 heterocycles. The minimum Gasteiger partial charge on any atom is -0.504 e. The number of hydrogen-bond donors (Lipinski definition) is 2. The molecule has 0 aromatic carbocycles. The Morgan fingerprint density at radius 3 is 2.91 bits per heavy atom. The van der Waals surface area contributed by atoms with Gasteiger partial charge >= 0.3 is 0 Å². The van der Waals surface area contributed by atoms with Crippen LogP contribution in [-0.2, 0) is 11.3 Å². The van der Waals surface area contributed by atoms with E-state index in [0.717, 1.165) is 25.1 Å². The van der Waals surface area contributed by atoms with Crippen molar-refractivity contribution in [1.29, 1.82) is 0 Å². The monoisotopic (exact) mass is 298 g/mol. The van der Waals surface area contributed by atoms with Crippen molar-refractivity contribution in [2.24, 2.45) is 0 Å². The van der Waals surface area contributed by atoms with E-state index < -0.39 is 0 Å². The fraction of sp³-hybridized carbons (Fsp3) is 0.312. The number of amides is 1. The number of carbonyl (C=O) groups excluding carboxylic acids is 1. The van der Waals surface area contributed by atoms with Crippen molar-refractivity contribution >= 4 is 11.7 Å². The van der Waals surface area contributed by atoms with Crippen LogP contribution >= 0.6 is 0 Å². The van der Waals surface area contributed by atoms with Crippen LogP contribution in [0.5, 0.6) is 5.75 Å². The minimum atomic E-state index is -0.219. The van der Waals surface area contributed by atoms with Gasteiger partial charge in [-0.3, -0.25) is 14.7 Å². The third-order valence-corrected chi connectivity index (χ3v) is 3.79. The molecule has 1 amide bonds. The number of pyridine rings is 2. The first-order valence-corrected chi connectivity index (χ1v) is 7.33. The lowest BCUT2D eigenvalue weighted by molar-refractivity contribution is -0.120. The molecule has 0 unspecified atom stereocenters. The summed E-state index contributed by atoms with van der Waals surface area (Å²) in [6, 6.07) is 8.68. The highest BCUT2D eigenvalue weighted by molar-refractivity contribution is 5.95. The Morgan fingerprint density at radius 2 is 2.14 bits per heavy atom. The molecule has 22 heavy (non-hydrogen) atoms. The summed E-state index contributed by atoms with van der Waals surface area (Å²) in [5.41, 5.74) is 0.947. The van der Waals surface area contributed by atoms with Gasteiger partial charge in [0.2, 0.25) is 5.91 Å². The Hall–Kier alpha value is -2.47. The van der Waals surface area contributed by atoms with E-state index in [0.29, 0.717) is 6.54 Å². The van der Waals surface area contributed by atoms with E-state index in [4.69, 9.17) is 0 Å². The van der Waals surface area contributed by atoms with E-state index >= 15 is 0 Å². The molecule has 1 aliphatic rings. The van der Waals surface area contributed by atoms with Gasteiger partial charge in [0.25, 0.3) is 0 Å². The maximum Gasteiger partial charge on any atom is 0.242 e. The minimum absolute atomic E-state index is 0.0230. The van der Waals surface area contributed by atoms with Crippen molar-refractivity contribution in [2.45, 2.75) is 25.4 Å². The van der Waals surface area contributed by atoms with Crippen LogP contribution < -0.4 is 5.32 Å². The van der Waals surface area contributed by atoms with Gasteiger partial charge in [0.15, 0.2) is 11.6 Å². The lowest BCUT2D eigenvalue weighted by Crippen LogP contribution is -2.39. The zero-order valence-corrected chi connectivity index (χ0v) is 12.1. The predicted octanol–water partition coefficient (Wildman–Crippen LogP) is 1.79. The second-order valence-electron chi connectivity index (χ2n) is 5.31. The van der Waals surface area contributed by atoms with Gasteiger partial charge in [-0.05, 0) is 43.7 Å². The number of aromatic nitrogens is 2. The van der Waals surface area contributed by atoms with E-state index in [1.807, 2.05) is 18.2 Å². The molecule has 0 spiro atoms. The number of nitrogens with one attached hydrogen (secondary N) is 1. The first kappa shape index (κ1) is 14.5. The molecule has 1 fully saturated rings. The van der Waals surface area contributed by atoms with Crippen molar-refractivity contribution < 1.29 is 9.90 Å². The second-order valence-corrected chi connectivity index (χ2v) is 5.31. The molecule has 3 rings (SSSR count). The lowest BCUT2D eigenvalue weighted by Gasteiger charge is -2.23. The maximum absolute atomic E-state index is 12.4. The zero-order valence-electron chi connectivity index (χ0n) is 12.1. The highest BCUT2D eigenvalue weighted by atomic mass is 16.3. The van der Waals surface area contributed by atoms with Crippen molar-refractivity contribution in [3.63, 3.8) is 0 Å². The summed E-state index contributed by atoms with van der Waals surface area (Å²) in [6.07, 6.45) is 5.06. The van der Waals surface area contributed by atoms with Crippen LogP contribution in [-0.4, -0.2) is 38.5 Å². The molecule has 2 N–H and O–H groups in total.